The summed E-state index contributed by atoms with van der Waals surface area (Å²) in [7, 11) is 3.63. The summed E-state index contributed by atoms with van der Waals surface area (Å²) in [5.74, 6) is 1.84. The van der Waals surface area contributed by atoms with Crippen LogP contribution in [0.2, 0.25) is 0 Å². The molecule has 96 valence electrons. The molecule has 1 N–H and O–H groups in total. The Morgan fingerprint density at radius 1 is 1.22 bits per heavy atom. The molecule has 1 aromatic heterocycles. The highest BCUT2D eigenvalue weighted by Crippen LogP contribution is 2.30. The van der Waals surface area contributed by atoms with E-state index < -0.39 is 0 Å². The van der Waals surface area contributed by atoms with Crippen LogP contribution in [0, 0.1) is 13.8 Å². The minimum Gasteiger partial charge on any atom is -0.496 e. The largest absolute Gasteiger partial charge is 0.496 e. The second kappa shape index (κ2) is 5.27. The van der Waals surface area contributed by atoms with E-state index in [0.29, 0.717) is 0 Å². The first-order valence-corrected chi connectivity index (χ1v) is 6.03. The molecular formula is C15H19NO2. The first kappa shape index (κ1) is 12.7. The van der Waals surface area contributed by atoms with E-state index >= 15 is 0 Å². The quantitative estimate of drug-likeness (QED) is 0.898. The van der Waals surface area contributed by atoms with Gasteiger partial charge in [0.2, 0.25) is 0 Å². The van der Waals surface area contributed by atoms with Crippen molar-refractivity contribution in [2.24, 2.45) is 0 Å². The van der Waals surface area contributed by atoms with E-state index in [2.05, 4.69) is 31.3 Å². The number of benzene rings is 1. The van der Waals surface area contributed by atoms with E-state index in [4.69, 9.17) is 9.15 Å². The van der Waals surface area contributed by atoms with Gasteiger partial charge >= 0.3 is 0 Å². The Bertz CT molecular complexity index is 518. The summed E-state index contributed by atoms with van der Waals surface area (Å²) in [6, 6.07) is 8.19. The van der Waals surface area contributed by atoms with Gasteiger partial charge in [0.05, 0.1) is 19.4 Å². The number of aryl methyl sites for hydroxylation is 2. The number of furan rings is 1. The minimum absolute atomic E-state index is 0.0737. The summed E-state index contributed by atoms with van der Waals surface area (Å²) in [5, 5.41) is 3.29. The van der Waals surface area contributed by atoms with E-state index in [1.54, 1.807) is 13.4 Å². The molecule has 0 saturated heterocycles. The van der Waals surface area contributed by atoms with Crippen molar-refractivity contribution < 1.29 is 9.15 Å². The standard InChI is InChI=1S/C15H19NO2/c1-10-9-14(17-4)11(2)8-12(10)15(16-3)13-6-5-7-18-13/h5-9,15-16H,1-4H3. The van der Waals surface area contributed by atoms with Crippen LogP contribution in [-0.4, -0.2) is 14.2 Å². The van der Waals surface area contributed by atoms with Gasteiger partial charge in [-0.05, 0) is 55.8 Å². The SMILES string of the molecule is CNC(c1ccco1)c1cc(C)c(OC)cc1C. The summed E-state index contributed by atoms with van der Waals surface area (Å²) < 4.78 is 10.8. The van der Waals surface area contributed by atoms with Gasteiger partial charge in [0, 0.05) is 0 Å². The molecule has 0 aliphatic heterocycles. The van der Waals surface area contributed by atoms with Crippen molar-refractivity contribution in [3.8, 4) is 5.75 Å². The van der Waals surface area contributed by atoms with E-state index in [1.807, 2.05) is 19.2 Å². The van der Waals surface area contributed by atoms with Crippen molar-refractivity contribution in [1.29, 1.82) is 0 Å². The van der Waals surface area contributed by atoms with Gasteiger partial charge < -0.3 is 14.5 Å². The Hall–Kier alpha value is -1.74. The highest BCUT2D eigenvalue weighted by Gasteiger charge is 2.18. The molecule has 0 aliphatic rings. The zero-order chi connectivity index (χ0) is 13.1. The molecule has 18 heavy (non-hydrogen) atoms. The molecule has 0 spiro atoms. The number of hydrogen-bond donors (Lipinski definition) is 1. The predicted molar refractivity (Wildman–Crippen MR) is 72.1 cm³/mol. The van der Waals surface area contributed by atoms with Crippen LogP contribution >= 0.6 is 0 Å². The van der Waals surface area contributed by atoms with E-state index in [9.17, 15) is 0 Å². The molecular weight excluding hydrogens is 226 g/mol. The van der Waals surface area contributed by atoms with Crippen molar-refractivity contribution in [2.45, 2.75) is 19.9 Å². The van der Waals surface area contributed by atoms with Crippen molar-refractivity contribution in [1.82, 2.24) is 5.32 Å². The monoisotopic (exact) mass is 245 g/mol. The van der Waals surface area contributed by atoms with Crippen molar-refractivity contribution >= 4 is 0 Å². The van der Waals surface area contributed by atoms with Crippen molar-refractivity contribution in [3.63, 3.8) is 0 Å². The van der Waals surface area contributed by atoms with Gasteiger partial charge in [0.25, 0.3) is 0 Å². The minimum atomic E-state index is 0.0737. The molecule has 1 atom stereocenters. The second-order valence-electron chi connectivity index (χ2n) is 4.42. The normalized spacial score (nSPS) is 12.4. The fourth-order valence-electron chi connectivity index (χ4n) is 2.25. The smallest absolute Gasteiger partial charge is 0.125 e. The fraction of sp³-hybridized carbons (Fsp3) is 0.333. The predicted octanol–water partition coefficient (Wildman–Crippen LogP) is 3.21. The molecule has 2 aromatic rings. The molecule has 0 aliphatic carbocycles. The van der Waals surface area contributed by atoms with Crippen LogP contribution in [0.3, 0.4) is 0 Å². The lowest BCUT2D eigenvalue weighted by atomic mass is 9.96. The molecule has 1 aromatic carbocycles. The maximum absolute atomic E-state index is 5.50. The molecule has 1 unspecified atom stereocenters. The van der Waals surface area contributed by atoms with Gasteiger partial charge in [-0.2, -0.15) is 0 Å². The summed E-state index contributed by atoms with van der Waals surface area (Å²) in [5.41, 5.74) is 3.53. The van der Waals surface area contributed by atoms with E-state index in [0.717, 1.165) is 17.1 Å². The maximum atomic E-state index is 5.50. The van der Waals surface area contributed by atoms with Crippen LogP contribution in [-0.2, 0) is 0 Å². The van der Waals surface area contributed by atoms with Gasteiger partial charge in [-0.3, -0.25) is 0 Å². The van der Waals surface area contributed by atoms with Gasteiger partial charge in [-0.15, -0.1) is 0 Å². The van der Waals surface area contributed by atoms with Crippen molar-refractivity contribution in [2.75, 3.05) is 14.2 Å². The maximum Gasteiger partial charge on any atom is 0.125 e. The molecule has 0 amide bonds. The molecule has 3 nitrogen and oxygen atoms in total. The van der Waals surface area contributed by atoms with Gasteiger partial charge in [-0.25, -0.2) is 0 Å². The Kier molecular flexibility index (Phi) is 3.72. The van der Waals surface area contributed by atoms with Crippen LogP contribution < -0.4 is 10.1 Å². The van der Waals surface area contributed by atoms with Gasteiger partial charge in [0.1, 0.15) is 11.5 Å². The topological polar surface area (TPSA) is 34.4 Å². The average Bonchev–Trinajstić information content (AvgIpc) is 2.87. The van der Waals surface area contributed by atoms with Crippen LogP contribution in [0.5, 0.6) is 5.75 Å². The highest BCUT2D eigenvalue weighted by atomic mass is 16.5. The third-order valence-electron chi connectivity index (χ3n) is 3.21. The first-order chi connectivity index (χ1) is 8.67. The lowest BCUT2D eigenvalue weighted by molar-refractivity contribution is 0.410. The van der Waals surface area contributed by atoms with E-state index in [1.165, 1.54) is 11.1 Å². The third kappa shape index (κ3) is 2.27. The molecule has 2 rings (SSSR count). The number of hydrogen-bond acceptors (Lipinski definition) is 3. The van der Waals surface area contributed by atoms with Crippen LogP contribution in [0.25, 0.3) is 0 Å². The van der Waals surface area contributed by atoms with Crippen LogP contribution in [0.1, 0.15) is 28.5 Å². The second-order valence-corrected chi connectivity index (χ2v) is 4.42. The lowest BCUT2D eigenvalue weighted by Crippen LogP contribution is -2.18. The molecule has 1 heterocycles. The summed E-state index contributed by atoms with van der Waals surface area (Å²) >= 11 is 0. The van der Waals surface area contributed by atoms with Gasteiger partial charge in [0.15, 0.2) is 0 Å². The Morgan fingerprint density at radius 3 is 2.56 bits per heavy atom. The Balaban J connectivity index is 2.46. The molecule has 0 fully saturated rings. The number of rotatable bonds is 4. The fourth-order valence-corrected chi connectivity index (χ4v) is 2.25. The molecule has 0 bridgehead atoms. The van der Waals surface area contributed by atoms with Gasteiger partial charge in [-0.1, -0.05) is 6.07 Å². The molecule has 3 heteroatoms. The molecule has 0 saturated carbocycles. The van der Waals surface area contributed by atoms with Crippen molar-refractivity contribution in [3.05, 3.63) is 53.0 Å². The summed E-state index contributed by atoms with van der Waals surface area (Å²) in [6.45, 7) is 4.14. The highest BCUT2D eigenvalue weighted by molar-refractivity contribution is 5.44. The summed E-state index contributed by atoms with van der Waals surface area (Å²) in [6.07, 6.45) is 1.70. The zero-order valence-electron chi connectivity index (χ0n) is 11.3. The third-order valence-corrected chi connectivity index (χ3v) is 3.21. The Labute approximate surface area is 108 Å². The van der Waals surface area contributed by atoms with E-state index in [-0.39, 0.29) is 6.04 Å². The van der Waals surface area contributed by atoms with Crippen LogP contribution in [0.15, 0.2) is 34.9 Å². The van der Waals surface area contributed by atoms with Crippen LogP contribution in [0.4, 0.5) is 0 Å². The zero-order valence-corrected chi connectivity index (χ0v) is 11.3. The number of ether oxygens (including phenoxy) is 1. The molecule has 0 radical (unpaired) electrons. The number of methoxy groups -OCH3 is 1. The first-order valence-electron chi connectivity index (χ1n) is 6.03. The average molecular weight is 245 g/mol. The summed E-state index contributed by atoms with van der Waals surface area (Å²) in [4.78, 5) is 0. The Morgan fingerprint density at radius 2 is 2.00 bits per heavy atom. The lowest BCUT2D eigenvalue weighted by Gasteiger charge is -2.18. The number of nitrogens with one attached hydrogen (secondary N) is 1.